The van der Waals surface area contributed by atoms with Crippen molar-refractivity contribution >= 4 is 17.0 Å². The predicted octanol–water partition coefficient (Wildman–Crippen LogP) is 2.59. The van der Waals surface area contributed by atoms with Crippen LogP contribution in [-0.4, -0.2) is 25.6 Å². The zero-order valence-corrected chi connectivity index (χ0v) is 11.4. The molecule has 2 heterocycles. The summed E-state index contributed by atoms with van der Waals surface area (Å²) >= 11 is 0. The van der Waals surface area contributed by atoms with Crippen molar-refractivity contribution in [2.45, 2.75) is 32.2 Å². The van der Waals surface area contributed by atoms with Crippen LogP contribution in [0.3, 0.4) is 0 Å². The van der Waals surface area contributed by atoms with Crippen molar-refractivity contribution in [1.82, 2.24) is 14.5 Å². The van der Waals surface area contributed by atoms with Gasteiger partial charge >= 0.3 is 5.97 Å². The number of carboxylic acids is 1. The molecule has 0 radical (unpaired) electrons. The van der Waals surface area contributed by atoms with Crippen molar-refractivity contribution < 1.29 is 9.90 Å². The highest BCUT2D eigenvalue weighted by atomic mass is 16.4. The third kappa shape index (κ3) is 1.99. The van der Waals surface area contributed by atoms with Gasteiger partial charge in [0.2, 0.25) is 0 Å². The number of aliphatic carboxylic acids is 1. The highest BCUT2D eigenvalue weighted by molar-refractivity contribution is 5.76. The average molecular weight is 271 g/mol. The van der Waals surface area contributed by atoms with Crippen LogP contribution in [0.15, 0.2) is 30.6 Å². The van der Waals surface area contributed by atoms with Crippen LogP contribution in [0, 0.1) is 5.92 Å². The van der Waals surface area contributed by atoms with Crippen molar-refractivity contribution in [3.63, 3.8) is 0 Å². The first-order chi connectivity index (χ1) is 9.72. The molecule has 5 heteroatoms. The molecule has 0 aliphatic heterocycles. The van der Waals surface area contributed by atoms with Gasteiger partial charge < -0.3 is 9.67 Å². The minimum atomic E-state index is -0.743. The quantitative estimate of drug-likeness (QED) is 0.871. The molecule has 0 spiro atoms. The summed E-state index contributed by atoms with van der Waals surface area (Å²) in [6.45, 7) is 2.84. The summed E-state index contributed by atoms with van der Waals surface area (Å²) in [5.74, 6) is -0.334. The monoisotopic (exact) mass is 271 g/mol. The first kappa shape index (κ1) is 12.8. The van der Waals surface area contributed by atoms with Gasteiger partial charge in [0.05, 0.1) is 17.6 Å². The number of allylic oxidation sites excluding steroid dienone is 2. The maximum atomic E-state index is 11.5. The summed E-state index contributed by atoms with van der Waals surface area (Å²) < 4.78 is 2.11. The molecule has 2 unspecified atom stereocenters. The Balaban J connectivity index is 2.13. The molecule has 1 aliphatic rings. The lowest BCUT2D eigenvalue weighted by atomic mass is 9.82. The molecule has 0 aromatic carbocycles. The fourth-order valence-corrected chi connectivity index (χ4v) is 2.99. The lowest BCUT2D eigenvalue weighted by molar-refractivity contribution is -0.142. The minimum Gasteiger partial charge on any atom is -0.481 e. The molecule has 0 saturated carbocycles. The Labute approximate surface area is 117 Å². The third-order valence-corrected chi connectivity index (χ3v) is 3.98. The van der Waals surface area contributed by atoms with Crippen molar-refractivity contribution in [2.75, 3.05) is 0 Å². The second kappa shape index (κ2) is 5.07. The van der Waals surface area contributed by atoms with Gasteiger partial charge in [0.25, 0.3) is 0 Å². The Morgan fingerprint density at radius 1 is 1.45 bits per heavy atom. The summed E-state index contributed by atoms with van der Waals surface area (Å²) in [6, 6.07) is 1.93. The molecular weight excluding hydrogens is 254 g/mol. The van der Waals surface area contributed by atoms with E-state index in [2.05, 4.69) is 27.5 Å². The number of rotatable bonds is 3. The fraction of sp³-hybridized carbons (Fsp3) is 0.400. The number of hydrogen-bond acceptors (Lipinski definition) is 3. The number of imidazole rings is 1. The van der Waals surface area contributed by atoms with E-state index < -0.39 is 11.9 Å². The van der Waals surface area contributed by atoms with Gasteiger partial charge in [0.1, 0.15) is 11.3 Å². The lowest BCUT2D eigenvalue weighted by Crippen LogP contribution is -2.25. The number of pyridine rings is 1. The molecule has 1 aliphatic carbocycles. The number of carboxylic acid groups (broad SMARTS) is 1. The summed E-state index contributed by atoms with van der Waals surface area (Å²) in [5, 5.41) is 9.43. The summed E-state index contributed by atoms with van der Waals surface area (Å²) in [6.07, 6.45) is 8.80. The van der Waals surface area contributed by atoms with E-state index in [4.69, 9.17) is 0 Å². The lowest BCUT2D eigenvalue weighted by Gasteiger charge is -2.25. The van der Waals surface area contributed by atoms with Gasteiger partial charge in [-0.1, -0.05) is 12.2 Å². The van der Waals surface area contributed by atoms with Crippen LogP contribution in [0.5, 0.6) is 0 Å². The second-order valence-electron chi connectivity index (χ2n) is 5.07. The van der Waals surface area contributed by atoms with Gasteiger partial charge in [-0.25, -0.2) is 4.98 Å². The van der Waals surface area contributed by atoms with Gasteiger partial charge in [-0.3, -0.25) is 9.78 Å². The molecule has 0 fully saturated rings. The Morgan fingerprint density at radius 2 is 2.25 bits per heavy atom. The number of hydrogen-bond donors (Lipinski definition) is 1. The normalized spacial score (nSPS) is 22.2. The van der Waals surface area contributed by atoms with Crippen molar-refractivity contribution in [3.8, 4) is 0 Å². The molecule has 5 nitrogen and oxygen atoms in total. The van der Waals surface area contributed by atoms with Crippen LogP contribution >= 0.6 is 0 Å². The van der Waals surface area contributed by atoms with Crippen LogP contribution < -0.4 is 0 Å². The molecule has 20 heavy (non-hydrogen) atoms. The number of aromatic nitrogens is 3. The molecule has 3 rings (SSSR count). The molecule has 0 saturated heterocycles. The molecule has 0 amide bonds. The number of nitrogens with zero attached hydrogens (tertiary/aromatic N) is 3. The zero-order valence-electron chi connectivity index (χ0n) is 11.4. The van der Waals surface area contributed by atoms with E-state index >= 15 is 0 Å². The maximum Gasteiger partial charge on any atom is 0.307 e. The van der Waals surface area contributed by atoms with Gasteiger partial charge in [-0.2, -0.15) is 0 Å². The van der Waals surface area contributed by atoms with E-state index in [1.165, 1.54) is 0 Å². The Morgan fingerprint density at radius 3 is 3.00 bits per heavy atom. The molecule has 1 N–H and O–H groups in total. The second-order valence-corrected chi connectivity index (χ2v) is 5.07. The van der Waals surface area contributed by atoms with E-state index in [0.29, 0.717) is 6.42 Å². The predicted molar refractivity (Wildman–Crippen MR) is 75.4 cm³/mol. The van der Waals surface area contributed by atoms with E-state index in [1.54, 1.807) is 12.4 Å². The van der Waals surface area contributed by atoms with Gasteiger partial charge in [0.15, 0.2) is 0 Å². The van der Waals surface area contributed by atoms with Crippen molar-refractivity contribution in [2.24, 2.45) is 5.92 Å². The summed E-state index contributed by atoms with van der Waals surface area (Å²) in [4.78, 5) is 20.2. The zero-order chi connectivity index (χ0) is 14.1. The topological polar surface area (TPSA) is 68.0 Å². The average Bonchev–Trinajstić information content (AvgIpc) is 2.85. The molecule has 2 aromatic rings. The van der Waals surface area contributed by atoms with Crippen molar-refractivity contribution in [1.29, 1.82) is 0 Å². The first-order valence-electron chi connectivity index (χ1n) is 6.90. The van der Waals surface area contributed by atoms with Crippen molar-refractivity contribution in [3.05, 3.63) is 36.4 Å². The number of fused-ring (bicyclic) bond motifs is 1. The van der Waals surface area contributed by atoms with E-state index in [0.717, 1.165) is 29.8 Å². The Kier molecular flexibility index (Phi) is 3.26. The van der Waals surface area contributed by atoms with Gasteiger partial charge in [-0.15, -0.1) is 0 Å². The molecule has 0 bridgehead atoms. The molecule has 2 atom stereocenters. The minimum absolute atomic E-state index is 0.0650. The van der Waals surface area contributed by atoms with Crippen LogP contribution in [0.2, 0.25) is 0 Å². The standard InChI is InChI=1S/C15H17N3O2/c1-2-18-13-7-8-16-9-12(13)17-14(18)10-5-3-4-6-11(10)15(19)20/h3-4,7-11H,2,5-6H2,1H3,(H,19,20). The fourth-order valence-electron chi connectivity index (χ4n) is 2.99. The van der Waals surface area contributed by atoms with Crippen LogP contribution in [-0.2, 0) is 11.3 Å². The number of aryl methyl sites for hydroxylation is 1. The van der Waals surface area contributed by atoms with E-state index in [9.17, 15) is 9.90 Å². The maximum absolute atomic E-state index is 11.5. The van der Waals surface area contributed by atoms with Crippen LogP contribution in [0.4, 0.5) is 0 Å². The SMILES string of the molecule is CCn1c(C2CC=CCC2C(=O)O)nc2cnccc21. The Bertz CT molecular complexity index is 675. The largest absolute Gasteiger partial charge is 0.481 e. The van der Waals surface area contributed by atoms with Gasteiger partial charge in [-0.05, 0) is 25.8 Å². The molecule has 2 aromatic heterocycles. The highest BCUT2D eigenvalue weighted by Crippen LogP contribution is 2.35. The third-order valence-electron chi connectivity index (χ3n) is 3.98. The number of carbonyl (C=O) groups is 1. The smallest absolute Gasteiger partial charge is 0.307 e. The van der Waals surface area contributed by atoms with E-state index in [-0.39, 0.29) is 5.92 Å². The summed E-state index contributed by atoms with van der Waals surface area (Å²) in [7, 11) is 0. The van der Waals surface area contributed by atoms with Crippen LogP contribution in [0.1, 0.15) is 31.5 Å². The van der Waals surface area contributed by atoms with E-state index in [1.807, 2.05) is 12.1 Å². The van der Waals surface area contributed by atoms with Crippen LogP contribution in [0.25, 0.3) is 11.0 Å². The highest BCUT2D eigenvalue weighted by Gasteiger charge is 2.33. The first-order valence-corrected chi connectivity index (χ1v) is 6.90. The molecular formula is C15H17N3O2. The summed E-state index contributed by atoms with van der Waals surface area (Å²) in [5.41, 5.74) is 1.86. The molecule has 104 valence electrons. The Hall–Kier alpha value is -2.17. The van der Waals surface area contributed by atoms with Gasteiger partial charge in [0, 0.05) is 18.7 Å².